The Bertz CT molecular complexity index is 4660. The van der Waals surface area contributed by atoms with Gasteiger partial charge in [0, 0.05) is 53.3 Å². The first kappa shape index (κ1) is 98.9. The predicted octanol–water partition coefficient (Wildman–Crippen LogP) is 27.6. The number of hydrogen-bond donors (Lipinski definition) is 0. The van der Waals surface area contributed by atoms with Crippen molar-refractivity contribution in [3.63, 3.8) is 0 Å². The second-order valence-electron chi connectivity index (χ2n) is 27.9. The number of nitrogens with zero attached hydrogens (tertiary/aromatic N) is 3. The van der Waals surface area contributed by atoms with Gasteiger partial charge in [-0.05, 0) is 123 Å². The van der Waals surface area contributed by atoms with Crippen LogP contribution < -0.4 is 31.7 Å². The number of para-hydroxylation sites is 2. The molecule has 0 aliphatic carbocycles. The van der Waals surface area contributed by atoms with Gasteiger partial charge in [-0.25, -0.2) is 0 Å². The molecule has 2 aliphatic rings. The first-order valence-electron chi connectivity index (χ1n) is 35.2. The molecule has 2 saturated heterocycles. The van der Waals surface area contributed by atoms with Gasteiger partial charge in [0.05, 0.1) is 84.2 Å². The van der Waals surface area contributed by atoms with Gasteiger partial charge in [0.25, 0.3) is 0 Å². The summed E-state index contributed by atoms with van der Waals surface area (Å²) in [5.74, 6) is 0. The Morgan fingerprint density at radius 1 is 0.234 bits per heavy atom. The van der Waals surface area contributed by atoms with Crippen molar-refractivity contribution >= 4 is 39.4 Å². The van der Waals surface area contributed by atoms with Crippen LogP contribution in [-0.4, -0.2) is 30.3 Å². The molecule has 0 bridgehead atoms. The van der Waals surface area contributed by atoms with Gasteiger partial charge in [-0.3, -0.25) is 0 Å². The number of alkyl halides is 36. The zero-order chi connectivity index (χ0) is 93.7. The molecule has 0 saturated carbocycles. The van der Waals surface area contributed by atoms with E-state index in [1.54, 1.807) is 18.2 Å². The van der Waals surface area contributed by atoms with E-state index in [-0.39, 0.29) is 24.2 Å². The molecular weight excluding hydrogens is 1840 g/mol. The third-order valence-corrected chi connectivity index (χ3v) is 20.1. The Hall–Kier alpha value is -10.5. The van der Waals surface area contributed by atoms with Crippen molar-refractivity contribution in [1.29, 1.82) is 5.26 Å². The van der Waals surface area contributed by atoms with Crippen molar-refractivity contribution in [1.82, 2.24) is 0 Å². The van der Waals surface area contributed by atoms with Crippen LogP contribution in [0, 0.1) is 11.3 Å². The summed E-state index contributed by atoms with van der Waals surface area (Å²) in [6.07, 6.45) is -72.5. The Morgan fingerprint density at radius 2 is 0.363 bits per heavy atom. The summed E-state index contributed by atoms with van der Waals surface area (Å²) in [6, 6.07) is 24.4. The van der Waals surface area contributed by atoms with Crippen LogP contribution in [0.4, 0.5) is 169 Å². The van der Waals surface area contributed by atoms with Gasteiger partial charge in [0.15, 0.2) is 0 Å². The Kier molecular flexibility index (Phi) is 28.3. The first-order valence-corrected chi connectivity index (χ1v) is 36.7. The third-order valence-electron chi connectivity index (χ3n) is 20.1. The summed E-state index contributed by atoms with van der Waals surface area (Å²) >= 11 is 2.75. The topological polar surface area (TPSA) is 29.8 Å². The van der Waals surface area contributed by atoms with E-state index in [0.29, 0.717) is 22.3 Å². The van der Waals surface area contributed by atoms with E-state index in [1.165, 1.54) is 55.5 Å². The second-order valence-corrected chi connectivity index (χ2v) is 27.9. The van der Waals surface area contributed by atoms with Crippen LogP contribution >= 0.6 is 0 Å². The van der Waals surface area contributed by atoms with E-state index < -0.39 is 242 Å². The Balaban J connectivity index is 0.000000240. The van der Waals surface area contributed by atoms with Crippen LogP contribution in [0.1, 0.15) is 101 Å². The second kappa shape index (κ2) is 35.5. The molecule has 0 spiro atoms. The van der Waals surface area contributed by atoms with E-state index in [9.17, 15) is 158 Å². The summed E-state index contributed by atoms with van der Waals surface area (Å²) in [5.41, 5.74) is -26.1. The van der Waals surface area contributed by atoms with E-state index in [4.69, 9.17) is 5.26 Å². The summed E-state index contributed by atoms with van der Waals surface area (Å²) in [4.78, 5) is 4.25. The monoisotopic (exact) mass is 1900 g/mol. The molecule has 124 heavy (non-hydrogen) atoms. The SMILES string of the molecule is CC#N.CC1C(C)N1c1c(-c2ccc(C(F)(F)F)cc2)cccc1-c1ccc(C(F)(F)F)cc1.CC1C(C)N1c1c(-c2ccc(C(F)(F)F)cc2)cccc1-c1ccc(C(F)(F)F)cc1.FC(F)(F)c1cc([B-](c2cc(C(F)(F)F)cc(C(F)(F)F)c2)(c2cc(C(F)(F)F)cc(C(F)(F)F)c2)c2cc(C(F)(F)F)cc(C(F)(F)F)c2)cc(C(F)(F)F)c1.[CH3][Pd+]. The van der Waals surface area contributed by atoms with Crippen LogP contribution in [0.2, 0.25) is 5.40 Å². The van der Waals surface area contributed by atoms with Crippen LogP contribution in [-0.2, 0) is 93.3 Å². The molecule has 2 fully saturated rings. The van der Waals surface area contributed by atoms with Gasteiger partial charge < -0.3 is 9.80 Å². The number of rotatable bonds is 10. The van der Waals surface area contributed by atoms with E-state index >= 15 is 0 Å². The van der Waals surface area contributed by atoms with Crippen molar-refractivity contribution in [2.24, 2.45) is 0 Å². The Labute approximate surface area is 690 Å². The first-order chi connectivity index (χ1) is 56.6. The van der Waals surface area contributed by atoms with Crippen molar-refractivity contribution in [3.8, 4) is 50.6 Å². The standard InChI is InChI=1S/C32H12BF24.2C24H19F6N.C2H3N.CH3.Pd/c34-25(35,36)13-1-14(26(37,38)39)6-21(5-13)33(22-7-15(27(40,41)42)2-16(8-22)28(43,44)45,23-9-17(29(46,47)48)3-18(10-23)30(49,50)51)24-11-19(31(52,53)54)4-20(12-24)32(55,56)57;2*1-14-15(2)31(14)22-20(16-6-10-18(11-7-16)23(25,26)27)4-3-5-21(22)17-8-12-19(13-9-17)24(28,29)30;1-2-3;;/h1-12H;2*3-15H,1-2H3;1H3;1H3;/q-1;;;;;+1. The average Bonchev–Trinajstić information content (AvgIpc) is 1.15. The van der Waals surface area contributed by atoms with Crippen molar-refractivity contribution in [3.05, 3.63) is 273 Å². The Morgan fingerprint density at radius 3 is 0.476 bits per heavy atom. The number of benzene rings is 10. The molecule has 10 aromatic rings. The predicted molar refractivity (Wildman–Crippen MR) is 385 cm³/mol. The maximum atomic E-state index is 14.2. The van der Waals surface area contributed by atoms with Gasteiger partial charge in [-0.2, -0.15) is 185 Å². The molecule has 4 atom stereocenters. The van der Waals surface area contributed by atoms with Crippen LogP contribution in [0.25, 0.3) is 44.5 Å². The number of nitriles is 1. The number of halogens is 36. The number of anilines is 2. The molecule has 668 valence electrons. The molecule has 12 rings (SSSR count). The zero-order valence-electron chi connectivity index (χ0n) is 63.3. The molecule has 0 N–H and O–H groups in total. The summed E-state index contributed by atoms with van der Waals surface area (Å²) in [6.45, 7) is 9.56. The molecule has 0 radical (unpaired) electrons. The molecular formula is C83H56BF36N3Pd. The van der Waals surface area contributed by atoms with Gasteiger partial charge in [0.2, 0.25) is 0 Å². The summed E-state index contributed by atoms with van der Waals surface area (Å²) in [5, 5.41) is 9.17. The normalized spacial score (nSPS) is 16.2. The van der Waals surface area contributed by atoms with Crippen LogP contribution in [0.15, 0.2) is 206 Å². The molecule has 41 heteroatoms. The van der Waals surface area contributed by atoms with Gasteiger partial charge >= 0.3 is 98.7 Å². The van der Waals surface area contributed by atoms with E-state index in [1.807, 2.05) is 57.4 Å². The zero-order valence-corrected chi connectivity index (χ0v) is 64.8. The molecule has 3 nitrogen and oxygen atoms in total. The van der Waals surface area contributed by atoms with Crippen LogP contribution in [0.5, 0.6) is 0 Å². The quantitative estimate of drug-likeness (QED) is 0.0776. The molecule has 2 aliphatic heterocycles. The van der Waals surface area contributed by atoms with Crippen molar-refractivity contribution in [2.45, 2.75) is 138 Å². The fraction of sp³-hybridized carbons (Fsp3) is 0.265. The number of hydrogen-bond acceptors (Lipinski definition) is 3. The molecule has 10 aromatic carbocycles. The third kappa shape index (κ3) is 22.6. The van der Waals surface area contributed by atoms with E-state index in [0.717, 1.165) is 82.2 Å². The van der Waals surface area contributed by atoms with Crippen LogP contribution in [0.3, 0.4) is 0 Å². The maximum absolute atomic E-state index is 14.2. The molecule has 0 amide bonds. The fourth-order valence-corrected chi connectivity index (χ4v) is 13.8. The molecule has 0 aromatic heterocycles. The van der Waals surface area contributed by atoms with Crippen molar-refractivity contribution in [2.75, 3.05) is 9.80 Å². The molecule has 4 unspecified atom stereocenters. The van der Waals surface area contributed by atoms with E-state index in [2.05, 4.69) is 29.0 Å². The summed E-state index contributed by atoms with van der Waals surface area (Å²) in [7, 11) is 0. The minimum atomic E-state index is -6.13. The molecule has 2 heterocycles. The van der Waals surface area contributed by atoms with Crippen molar-refractivity contribution < 1.29 is 177 Å². The van der Waals surface area contributed by atoms with Gasteiger partial charge in [0.1, 0.15) is 6.15 Å². The van der Waals surface area contributed by atoms with Gasteiger partial charge in [-0.1, -0.05) is 133 Å². The van der Waals surface area contributed by atoms with Gasteiger partial charge in [-0.15, -0.1) is 0 Å². The summed E-state index contributed by atoms with van der Waals surface area (Å²) < 4.78 is 496. The average molecular weight is 1900 g/mol. The fourth-order valence-electron chi connectivity index (χ4n) is 13.8. The minimum absolute atomic E-state index is 0.212.